The standard InChI is InChI=1S/C15H20N4O3/c1-8(2)7-19-12(6-13(21)18-15(16)17)11-5-9(20)3-4-10(11)14(19)22/h3-5,8,12,20H,6-7H2,1-2H3,(H4,16,17,18,21). The largest absolute Gasteiger partial charge is 0.508 e. The molecule has 1 aromatic rings. The molecular formula is C15H20N4O3. The lowest BCUT2D eigenvalue weighted by atomic mass is 10.0. The lowest BCUT2D eigenvalue weighted by molar-refractivity contribution is -0.118. The van der Waals surface area contributed by atoms with Crippen LogP contribution in [0.25, 0.3) is 0 Å². The Kier molecular flexibility index (Phi) is 4.35. The van der Waals surface area contributed by atoms with Crippen LogP contribution in [0.5, 0.6) is 5.75 Å². The number of amides is 2. The second-order valence-electron chi connectivity index (χ2n) is 5.77. The Morgan fingerprint density at radius 3 is 2.68 bits per heavy atom. The molecule has 22 heavy (non-hydrogen) atoms. The molecule has 1 unspecified atom stereocenters. The van der Waals surface area contributed by atoms with Crippen LogP contribution < -0.4 is 11.5 Å². The third kappa shape index (κ3) is 3.19. The fourth-order valence-electron chi connectivity index (χ4n) is 2.66. The topological polar surface area (TPSA) is 122 Å². The van der Waals surface area contributed by atoms with Crippen molar-refractivity contribution in [3.63, 3.8) is 0 Å². The predicted molar refractivity (Wildman–Crippen MR) is 82.2 cm³/mol. The van der Waals surface area contributed by atoms with E-state index in [-0.39, 0.29) is 30.0 Å². The van der Waals surface area contributed by atoms with Crippen molar-refractivity contribution in [1.29, 1.82) is 0 Å². The number of aromatic hydroxyl groups is 1. The monoisotopic (exact) mass is 304 g/mol. The molecule has 1 atom stereocenters. The molecule has 7 heteroatoms. The number of hydrogen-bond acceptors (Lipinski definition) is 3. The maximum atomic E-state index is 12.5. The van der Waals surface area contributed by atoms with Crippen LogP contribution in [0, 0.1) is 5.92 Å². The number of carbonyl (C=O) groups excluding carboxylic acids is 2. The molecule has 118 valence electrons. The molecule has 0 aromatic heterocycles. The molecule has 0 fully saturated rings. The fourth-order valence-corrected chi connectivity index (χ4v) is 2.66. The molecule has 2 rings (SSSR count). The minimum absolute atomic E-state index is 0.0210. The van der Waals surface area contributed by atoms with E-state index < -0.39 is 11.9 Å². The van der Waals surface area contributed by atoms with Crippen molar-refractivity contribution in [2.45, 2.75) is 26.3 Å². The summed E-state index contributed by atoms with van der Waals surface area (Å²) in [6.07, 6.45) is -0.0210. The van der Waals surface area contributed by atoms with Crippen molar-refractivity contribution in [2.75, 3.05) is 6.54 Å². The third-order valence-electron chi connectivity index (χ3n) is 3.45. The van der Waals surface area contributed by atoms with Crippen LogP contribution >= 0.6 is 0 Å². The van der Waals surface area contributed by atoms with E-state index in [1.807, 2.05) is 13.8 Å². The maximum absolute atomic E-state index is 12.5. The Balaban J connectivity index is 2.37. The zero-order chi connectivity index (χ0) is 16.4. The van der Waals surface area contributed by atoms with Gasteiger partial charge in [-0.15, -0.1) is 0 Å². The molecule has 7 nitrogen and oxygen atoms in total. The van der Waals surface area contributed by atoms with Crippen molar-refractivity contribution in [2.24, 2.45) is 22.4 Å². The van der Waals surface area contributed by atoms with Gasteiger partial charge in [-0.25, -0.2) is 0 Å². The number of carbonyl (C=O) groups is 2. The molecule has 1 aliphatic rings. The van der Waals surface area contributed by atoms with Gasteiger partial charge in [-0.1, -0.05) is 13.8 Å². The summed E-state index contributed by atoms with van der Waals surface area (Å²) in [7, 11) is 0. The highest BCUT2D eigenvalue weighted by Crippen LogP contribution is 2.38. The summed E-state index contributed by atoms with van der Waals surface area (Å²) in [5.41, 5.74) is 11.6. The van der Waals surface area contributed by atoms with Crippen molar-refractivity contribution in [3.8, 4) is 5.75 Å². The van der Waals surface area contributed by atoms with E-state index in [4.69, 9.17) is 11.5 Å². The van der Waals surface area contributed by atoms with Crippen LogP contribution in [0.15, 0.2) is 23.2 Å². The Morgan fingerprint density at radius 1 is 1.41 bits per heavy atom. The first kappa shape index (κ1) is 15.8. The number of phenolic OH excluding ortho intramolecular Hbond substituents is 1. The summed E-state index contributed by atoms with van der Waals surface area (Å²) in [6.45, 7) is 4.49. The molecular weight excluding hydrogens is 284 g/mol. The van der Waals surface area contributed by atoms with E-state index in [0.717, 1.165) is 0 Å². The average Bonchev–Trinajstić information content (AvgIpc) is 2.62. The Hall–Kier alpha value is -2.57. The van der Waals surface area contributed by atoms with Gasteiger partial charge in [-0.05, 0) is 29.7 Å². The van der Waals surface area contributed by atoms with Crippen molar-refractivity contribution in [1.82, 2.24) is 4.90 Å². The number of aliphatic imine (C=N–C) groups is 1. The van der Waals surface area contributed by atoms with E-state index >= 15 is 0 Å². The van der Waals surface area contributed by atoms with Crippen LogP contribution in [-0.2, 0) is 4.79 Å². The van der Waals surface area contributed by atoms with Gasteiger partial charge in [0.25, 0.3) is 11.8 Å². The summed E-state index contributed by atoms with van der Waals surface area (Å²) >= 11 is 0. The van der Waals surface area contributed by atoms with Gasteiger partial charge in [-0.3, -0.25) is 9.59 Å². The minimum atomic E-state index is -0.497. The van der Waals surface area contributed by atoms with Crippen LogP contribution in [0.1, 0.15) is 42.2 Å². The molecule has 0 bridgehead atoms. The number of benzene rings is 1. The second-order valence-corrected chi connectivity index (χ2v) is 5.77. The molecule has 2 amide bonds. The van der Waals surface area contributed by atoms with E-state index in [0.29, 0.717) is 17.7 Å². The molecule has 0 aliphatic carbocycles. The summed E-state index contributed by atoms with van der Waals surface area (Å²) < 4.78 is 0. The molecule has 1 heterocycles. The quantitative estimate of drug-likeness (QED) is 0.559. The molecule has 1 aliphatic heterocycles. The summed E-state index contributed by atoms with van der Waals surface area (Å²) in [5, 5.41) is 9.67. The van der Waals surface area contributed by atoms with Gasteiger partial charge in [0.15, 0.2) is 5.96 Å². The van der Waals surface area contributed by atoms with Gasteiger partial charge >= 0.3 is 0 Å². The van der Waals surface area contributed by atoms with E-state index in [1.165, 1.54) is 12.1 Å². The molecule has 0 spiro atoms. The van der Waals surface area contributed by atoms with E-state index in [2.05, 4.69) is 4.99 Å². The summed E-state index contributed by atoms with van der Waals surface area (Å²) in [6, 6.07) is 4.09. The van der Waals surface area contributed by atoms with Gasteiger partial charge in [0, 0.05) is 12.1 Å². The van der Waals surface area contributed by atoms with Gasteiger partial charge in [0.1, 0.15) is 5.75 Å². The Bertz CT molecular complexity index is 636. The zero-order valence-electron chi connectivity index (χ0n) is 12.6. The van der Waals surface area contributed by atoms with Gasteiger partial charge in [-0.2, -0.15) is 4.99 Å². The van der Waals surface area contributed by atoms with E-state index in [9.17, 15) is 14.7 Å². The zero-order valence-corrected chi connectivity index (χ0v) is 12.6. The second kappa shape index (κ2) is 6.05. The molecule has 0 saturated carbocycles. The highest BCUT2D eigenvalue weighted by atomic mass is 16.3. The van der Waals surface area contributed by atoms with Gasteiger partial charge in [0.05, 0.1) is 12.5 Å². The Labute approximate surface area is 128 Å². The third-order valence-corrected chi connectivity index (χ3v) is 3.45. The summed E-state index contributed by atoms with van der Waals surface area (Å²) in [5.74, 6) is -0.653. The molecule has 0 saturated heterocycles. The lowest BCUT2D eigenvalue weighted by Crippen LogP contribution is -2.33. The van der Waals surface area contributed by atoms with Crippen molar-refractivity contribution in [3.05, 3.63) is 29.3 Å². The maximum Gasteiger partial charge on any atom is 0.254 e. The molecule has 5 N–H and O–H groups in total. The van der Waals surface area contributed by atoms with Crippen molar-refractivity contribution >= 4 is 17.8 Å². The fraction of sp³-hybridized carbons (Fsp3) is 0.400. The lowest BCUT2D eigenvalue weighted by Gasteiger charge is -2.26. The average molecular weight is 304 g/mol. The normalized spacial score (nSPS) is 16.8. The highest BCUT2D eigenvalue weighted by molar-refractivity contribution is 6.00. The first-order chi connectivity index (χ1) is 10.3. The number of nitrogens with zero attached hydrogens (tertiary/aromatic N) is 2. The number of rotatable bonds is 4. The number of fused-ring (bicyclic) bond motifs is 1. The van der Waals surface area contributed by atoms with Gasteiger partial charge < -0.3 is 21.5 Å². The van der Waals surface area contributed by atoms with E-state index in [1.54, 1.807) is 11.0 Å². The molecule has 0 radical (unpaired) electrons. The minimum Gasteiger partial charge on any atom is -0.508 e. The first-order valence-corrected chi connectivity index (χ1v) is 7.06. The SMILES string of the molecule is CC(C)CN1C(=O)c2ccc(O)cc2C1CC(=O)N=C(N)N. The molecule has 1 aromatic carbocycles. The summed E-state index contributed by atoms with van der Waals surface area (Å²) in [4.78, 5) is 29.5. The number of hydrogen-bond donors (Lipinski definition) is 3. The van der Waals surface area contributed by atoms with Crippen molar-refractivity contribution < 1.29 is 14.7 Å². The van der Waals surface area contributed by atoms with Crippen LogP contribution in [0.2, 0.25) is 0 Å². The highest BCUT2D eigenvalue weighted by Gasteiger charge is 2.38. The smallest absolute Gasteiger partial charge is 0.254 e. The number of guanidine groups is 1. The first-order valence-electron chi connectivity index (χ1n) is 7.06. The number of nitrogens with two attached hydrogens (primary N) is 2. The van der Waals surface area contributed by atoms with Crippen LogP contribution in [-0.4, -0.2) is 34.3 Å². The van der Waals surface area contributed by atoms with Crippen LogP contribution in [0.3, 0.4) is 0 Å². The number of phenols is 1. The predicted octanol–water partition coefficient (Wildman–Crippen LogP) is 0.735. The Morgan fingerprint density at radius 2 is 2.09 bits per heavy atom. The van der Waals surface area contributed by atoms with Crippen LogP contribution in [0.4, 0.5) is 0 Å². The van der Waals surface area contributed by atoms with Gasteiger partial charge in [0.2, 0.25) is 0 Å².